The standard InChI is InChI=1S/C6H4Br2O2.C4H10O/c7-3-1-5(9)4(8)2-6(3)10;1-3-5-4-2/h1-2,9-10H;3-4H2,1-2H3. The maximum Gasteiger partial charge on any atom is 0.131 e. The van der Waals surface area contributed by atoms with Gasteiger partial charge in [0.1, 0.15) is 11.5 Å². The predicted molar refractivity (Wildman–Crippen MR) is 67.3 cm³/mol. The maximum absolute atomic E-state index is 9.04. The number of phenols is 2. The minimum atomic E-state index is 0.102. The Morgan fingerprint density at radius 3 is 1.53 bits per heavy atom. The van der Waals surface area contributed by atoms with Gasteiger partial charge >= 0.3 is 0 Å². The molecule has 0 aliphatic heterocycles. The molecular weight excluding hydrogens is 328 g/mol. The predicted octanol–water partition coefficient (Wildman–Crippen LogP) is 3.67. The molecule has 0 radical (unpaired) electrons. The zero-order valence-electron chi connectivity index (χ0n) is 8.63. The van der Waals surface area contributed by atoms with Crippen LogP contribution in [0.25, 0.3) is 0 Å². The van der Waals surface area contributed by atoms with Crippen molar-refractivity contribution >= 4 is 31.9 Å². The third-order valence-corrected chi connectivity index (χ3v) is 2.69. The maximum atomic E-state index is 9.04. The van der Waals surface area contributed by atoms with E-state index in [9.17, 15) is 0 Å². The van der Waals surface area contributed by atoms with Crippen LogP contribution < -0.4 is 0 Å². The lowest BCUT2D eigenvalue weighted by atomic mass is 10.3. The first-order chi connectivity index (χ1) is 7.02. The van der Waals surface area contributed by atoms with Crippen molar-refractivity contribution in [2.75, 3.05) is 13.2 Å². The second-order valence-electron chi connectivity index (χ2n) is 2.54. The Labute approximate surface area is 106 Å². The smallest absolute Gasteiger partial charge is 0.131 e. The summed E-state index contributed by atoms with van der Waals surface area (Å²) in [5.41, 5.74) is 0. The molecule has 0 aromatic heterocycles. The average Bonchev–Trinajstić information content (AvgIpc) is 2.17. The highest BCUT2D eigenvalue weighted by Crippen LogP contribution is 2.34. The van der Waals surface area contributed by atoms with Crippen LogP contribution in [0, 0.1) is 0 Å². The van der Waals surface area contributed by atoms with Gasteiger partial charge in [0.05, 0.1) is 8.95 Å². The third-order valence-electron chi connectivity index (χ3n) is 1.42. The molecule has 2 N–H and O–H groups in total. The van der Waals surface area contributed by atoms with Gasteiger partial charge in [-0.05, 0) is 57.8 Å². The molecule has 1 aromatic carbocycles. The summed E-state index contributed by atoms with van der Waals surface area (Å²) in [7, 11) is 0. The van der Waals surface area contributed by atoms with E-state index in [1.807, 2.05) is 13.8 Å². The van der Waals surface area contributed by atoms with Crippen LogP contribution in [0.15, 0.2) is 21.1 Å². The van der Waals surface area contributed by atoms with Crippen molar-refractivity contribution in [1.29, 1.82) is 0 Å². The van der Waals surface area contributed by atoms with E-state index >= 15 is 0 Å². The summed E-state index contributed by atoms with van der Waals surface area (Å²) in [4.78, 5) is 0. The number of phenolic OH excluding ortho intramolecular Hbond substituents is 2. The molecule has 86 valence electrons. The van der Waals surface area contributed by atoms with Gasteiger partial charge in [-0.15, -0.1) is 0 Å². The molecule has 0 heterocycles. The Bertz CT molecular complexity index is 251. The number of benzene rings is 1. The minimum absolute atomic E-state index is 0.102. The van der Waals surface area contributed by atoms with Crippen molar-refractivity contribution in [3.63, 3.8) is 0 Å². The van der Waals surface area contributed by atoms with Crippen LogP contribution in [-0.4, -0.2) is 23.4 Å². The summed E-state index contributed by atoms with van der Waals surface area (Å²) in [5, 5.41) is 18.1. The molecule has 0 bridgehead atoms. The lowest BCUT2D eigenvalue weighted by Crippen LogP contribution is -1.84. The molecule has 0 amide bonds. The van der Waals surface area contributed by atoms with Gasteiger partial charge in [0.2, 0.25) is 0 Å². The summed E-state index contributed by atoms with van der Waals surface area (Å²) in [6, 6.07) is 2.83. The highest BCUT2D eigenvalue weighted by atomic mass is 79.9. The normalized spacial score (nSPS) is 9.33. The van der Waals surface area contributed by atoms with Crippen LogP contribution >= 0.6 is 31.9 Å². The molecule has 0 aliphatic rings. The fourth-order valence-corrected chi connectivity index (χ4v) is 1.39. The molecule has 0 aliphatic carbocycles. The van der Waals surface area contributed by atoms with Gasteiger partial charge in [0.15, 0.2) is 0 Å². The van der Waals surface area contributed by atoms with Gasteiger partial charge in [-0.1, -0.05) is 0 Å². The summed E-state index contributed by atoms with van der Waals surface area (Å²) in [6.45, 7) is 5.67. The second-order valence-corrected chi connectivity index (χ2v) is 4.25. The average molecular weight is 342 g/mol. The second kappa shape index (κ2) is 7.96. The van der Waals surface area contributed by atoms with Crippen LogP contribution in [-0.2, 0) is 4.74 Å². The van der Waals surface area contributed by atoms with E-state index in [1.165, 1.54) is 12.1 Å². The molecule has 0 unspecified atom stereocenters. The Morgan fingerprint density at radius 2 is 1.33 bits per heavy atom. The molecule has 15 heavy (non-hydrogen) atoms. The number of halogens is 2. The largest absolute Gasteiger partial charge is 0.507 e. The van der Waals surface area contributed by atoms with Gasteiger partial charge in [-0.25, -0.2) is 0 Å². The highest BCUT2D eigenvalue weighted by molar-refractivity contribution is 9.11. The van der Waals surface area contributed by atoms with Crippen molar-refractivity contribution in [1.82, 2.24) is 0 Å². The first-order valence-electron chi connectivity index (χ1n) is 4.47. The van der Waals surface area contributed by atoms with Crippen molar-refractivity contribution in [3.8, 4) is 11.5 Å². The van der Waals surface area contributed by atoms with E-state index in [4.69, 9.17) is 14.9 Å². The van der Waals surface area contributed by atoms with E-state index in [0.29, 0.717) is 8.95 Å². The molecule has 0 saturated carbocycles. The zero-order chi connectivity index (χ0) is 11.8. The molecule has 0 saturated heterocycles. The van der Waals surface area contributed by atoms with Crippen molar-refractivity contribution in [2.24, 2.45) is 0 Å². The van der Waals surface area contributed by atoms with Crippen LogP contribution in [0.4, 0.5) is 0 Å². The summed E-state index contributed by atoms with van der Waals surface area (Å²) < 4.78 is 5.79. The van der Waals surface area contributed by atoms with Crippen molar-refractivity contribution < 1.29 is 14.9 Å². The monoisotopic (exact) mass is 340 g/mol. The summed E-state index contributed by atoms with van der Waals surface area (Å²) >= 11 is 6.10. The van der Waals surface area contributed by atoms with Crippen LogP contribution in [0.3, 0.4) is 0 Å². The molecule has 0 spiro atoms. The Balaban J connectivity index is 0.000000336. The molecule has 3 nitrogen and oxygen atoms in total. The van der Waals surface area contributed by atoms with E-state index in [2.05, 4.69) is 31.9 Å². The molecule has 0 fully saturated rings. The minimum Gasteiger partial charge on any atom is -0.507 e. The fourth-order valence-electron chi connectivity index (χ4n) is 0.730. The summed E-state index contributed by atoms with van der Waals surface area (Å²) in [6.07, 6.45) is 0. The van der Waals surface area contributed by atoms with Crippen molar-refractivity contribution in [2.45, 2.75) is 13.8 Å². The number of ether oxygens (including phenoxy) is 1. The quantitative estimate of drug-likeness (QED) is 0.807. The summed E-state index contributed by atoms with van der Waals surface area (Å²) in [5.74, 6) is 0.203. The number of hydrogen-bond donors (Lipinski definition) is 2. The first-order valence-corrected chi connectivity index (χ1v) is 6.06. The van der Waals surface area contributed by atoms with Gasteiger partial charge in [0, 0.05) is 13.2 Å². The van der Waals surface area contributed by atoms with E-state index in [1.54, 1.807) is 0 Å². The fraction of sp³-hybridized carbons (Fsp3) is 0.400. The van der Waals surface area contributed by atoms with Gasteiger partial charge in [-0.3, -0.25) is 0 Å². The van der Waals surface area contributed by atoms with Crippen LogP contribution in [0.2, 0.25) is 0 Å². The van der Waals surface area contributed by atoms with Crippen LogP contribution in [0.1, 0.15) is 13.8 Å². The lowest BCUT2D eigenvalue weighted by Gasteiger charge is -1.99. The highest BCUT2D eigenvalue weighted by Gasteiger charge is 2.02. The van der Waals surface area contributed by atoms with E-state index in [0.717, 1.165) is 13.2 Å². The van der Waals surface area contributed by atoms with Gasteiger partial charge in [0.25, 0.3) is 0 Å². The Kier molecular flexibility index (Phi) is 7.82. The van der Waals surface area contributed by atoms with E-state index < -0.39 is 0 Å². The van der Waals surface area contributed by atoms with Crippen molar-refractivity contribution in [3.05, 3.63) is 21.1 Å². The lowest BCUT2D eigenvalue weighted by molar-refractivity contribution is 0.162. The van der Waals surface area contributed by atoms with E-state index in [-0.39, 0.29) is 11.5 Å². The molecular formula is C10H14Br2O3. The third kappa shape index (κ3) is 6.02. The number of rotatable bonds is 2. The molecule has 1 aromatic rings. The SMILES string of the molecule is CCOCC.Oc1cc(Br)c(O)cc1Br. The Morgan fingerprint density at radius 1 is 1.00 bits per heavy atom. The molecule has 5 heteroatoms. The zero-order valence-corrected chi connectivity index (χ0v) is 11.8. The van der Waals surface area contributed by atoms with Gasteiger partial charge in [-0.2, -0.15) is 0 Å². The number of hydrogen-bond acceptors (Lipinski definition) is 3. The first kappa shape index (κ1) is 14.7. The van der Waals surface area contributed by atoms with Gasteiger partial charge < -0.3 is 14.9 Å². The topological polar surface area (TPSA) is 49.7 Å². The molecule has 0 atom stereocenters. The Hall–Kier alpha value is -0.260. The molecule has 1 rings (SSSR count). The number of aromatic hydroxyl groups is 2. The van der Waals surface area contributed by atoms with Crippen LogP contribution in [0.5, 0.6) is 11.5 Å².